The minimum Gasteiger partial charge on any atom is -0.741 e. The molecule has 0 aromatic carbocycles. The van der Waals surface area contributed by atoms with Gasteiger partial charge in [0.15, 0.2) is 0 Å². The van der Waals surface area contributed by atoms with Gasteiger partial charge in [-0.3, -0.25) is 40.8 Å². The summed E-state index contributed by atoms with van der Waals surface area (Å²) < 4.78 is 0. The van der Waals surface area contributed by atoms with Gasteiger partial charge in [-0.05, 0) is 58.9 Å². The topological polar surface area (TPSA) is 125 Å². The number of aromatic nitrogens is 4. The van der Waals surface area contributed by atoms with Gasteiger partial charge in [-0.15, -0.1) is 13.2 Å². The third-order valence-corrected chi connectivity index (χ3v) is 5.33. The smallest absolute Gasteiger partial charge is 0.741 e. The first-order valence-corrected chi connectivity index (χ1v) is 13.4. The van der Waals surface area contributed by atoms with Crippen LogP contribution < -0.4 is 10.9 Å². The van der Waals surface area contributed by atoms with Gasteiger partial charge in [0.2, 0.25) is 0 Å². The van der Waals surface area contributed by atoms with Crippen molar-refractivity contribution in [3.05, 3.63) is 146 Å². The molecule has 0 aliphatic rings. The molecule has 221 valence electrons. The molecule has 10 nitrogen and oxygen atoms in total. The summed E-state index contributed by atoms with van der Waals surface area (Å²) >= 11 is 10.1. The number of hydrogen-bond donors (Lipinski definition) is 2. The fourth-order valence-electron chi connectivity index (χ4n) is 3.08. The maximum Gasteiger partial charge on any atom is 2.00 e. The molecular weight excluding hydrogens is 628 g/mol. The van der Waals surface area contributed by atoms with Crippen LogP contribution in [0.3, 0.4) is 0 Å². The van der Waals surface area contributed by atoms with Crippen molar-refractivity contribution in [2.24, 2.45) is 20.2 Å². The zero-order chi connectivity index (χ0) is 29.8. The van der Waals surface area contributed by atoms with Gasteiger partial charge in [0.25, 0.3) is 0 Å². The number of aliphatic imine (C=N–C) groups is 2. The third kappa shape index (κ3) is 12.4. The minimum atomic E-state index is 0. The predicted octanol–water partition coefficient (Wildman–Crippen LogP) is 3.81. The Kier molecular flexibility index (Phi) is 16.2. The summed E-state index contributed by atoms with van der Waals surface area (Å²) in [6.07, 6.45) is 10.1. The summed E-state index contributed by atoms with van der Waals surface area (Å²) in [4.78, 5) is 25.3. The summed E-state index contributed by atoms with van der Waals surface area (Å²) in [5.41, 5.74) is 9.50. The maximum absolute atomic E-state index is 5.06. The summed E-state index contributed by atoms with van der Waals surface area (Å²) in [6.45, 7) is 8.07. The molecule has 0 bridgehead atoms. The average molecular weight is 656 g/mol. The number of amidine groups is 2. The fourth-order valence-corrected chi connectivity index (χ4v) is 3.32. The molecule has 0 aliphatic carbocycles. The van der Waals surface area contributed by atoms with Gasteiger partial charge in [-0.2, -0.15) is 10.2 Å². The van der Waals surface area contributed by atoms with Gasteiger partial charge in [-0.25, -0.2) is 0 Å². The van der Waals surface area contributed by atoms with E-state index in [1.165, 1.54) is 0 Å². The standard InChI is InChI=1S/2C15H15N5S.Cu/c2*1-2-9-18-15(21)20-19-14(12-7-3-5-10-16-12)13-8-4-6-11-17-13;/h2*2-8,10-11H,1,9H2,(H2,18,20,21);/q;;+2/p-2. The van der Waals surface area contributed by atoms with Crippen molar-refractivity contribution in [2.45, 2.75) is 0 Å². The second-order valence-corrected chi connectivity index (χ2v) is 8.65. The van der Waals surface area contributed by atoms with Crippen LogP contribution in [-0.2, 0) is 42.3 Å². The second-order valence-electron chi connectivity index (χ2n) is 7.87. The molecule has 0 fully saturated rings. The Morgan fingerprint density at radius 2 is 0.884 bits per heavy atom. The van der Waals surface area contributed by atoms with Gasteiger partial charge in [0, 0.05) is 24.8 Å². The van der Waals surface area contributed by atoms with E-state index in [4.69, 9.17) is 25.3 Å². The Morgan fingerprint density at radius 3 is 1.12 bits per heavy atom. The predicted molar refractivity (Wildman–Crippen MR) is 174 cm³/mol. The first-order valence-electron chi connectivity index (χ1n) is 12.6. The molecule has 0 spiro atoms. The van der Waals surface area contributed by atoms with E-state index in [1.54, 1.807) is 36.9 Å². The Bertz CT molecular complexity index is 1320. The van der Waals surface area contributed by atoms with E-state index in [0.29, 0.717) is 57.6 Å². The maximum atomic E-state index is 5.06. The molecule has 0 saturated heterocycles. The van der Waals surface area contributed by atoms with Crippen LogP contribution in [0.25, 0.3) is 0 Å². The molecule has 0 saturated carbocycles. The quantitative estimate of drug-likeness (QED) is 0.0660. The van der Waals surface area contributed by atoms with Crippen LogP contribution in [0.4, 0.5) is 0 Å². The molecule has 13 heteroatoms. The molecule has 1 radical (unpaired) electrons. The Hall–Kier alpha value is -4.68. The fraction of sp³-hybridized carbons (Fsp3) is 0.0667. The number of hydrogen-bond acceptors (Lipinski definition) is 10. The number of pyridine rings is 4. The van der Waals surface area contributed by atoms with Gasteiger partial charge in [0.05, 0.1) is 35.9 Å². The van der Waals surface area contributed by atoms with E-state index in [1.807, 2.05) is 72.8 Å². The number of hydrazone groups is 2. The van der Waals surface area contributed by atoms with E-state index < -0.39 is 0 Å². The van der Waals surface area contributed by atoms with Gasteiger partial charge < -0.3 is 25.3 Å². The Labute approximate surface area is 272 Å². The van der Waals surface area contributed by atoms with Crippen molar-refractivity contribution < 1.29 is 17.1 Å². The van der Waals surface area contributed by atoms with E-state index in [2.05, 4.69) is 64.1 Å². The van der Waals surface area contributed by atoms with Crippen molar-refractivity contribution in [3.8, 4) is 0 Å². The number of rotatable bonds is 10. The zero-order valence-electron chi connectivity index (χ0n) is 22.9. The summed E-state index contributed by atoms with van der Waals surface area (Å²) in [6, 6.07) is 22.4. The van der Waals surface area contributed by atoms with Crippen LogP contribution in [0.5, 0.6) is 0 Å². The molecule has 0 amide bonds. The van der Waals surface area contributed by atoms with Crippen LogP contribution >= 0.6 is 0 Å². The van der Waals surface area contributed by atoms with E-state index in [-0.39, 0.29) is 17.1 Å². The average Bonchev–Trinajstić information content (AvgIpc) is 3.05. The molecule has 4 aromatic heterocycles. The summed E-state index contributed by atoms with van der Waals surface area (Å²) in [7, 11) is 0. The van der Waals surface area contributed by atoms with E-state index in [9.17, 15) is 0 Å². The van der Waals surface area contributed by atoms with Crippen LogP contribution in [0, 0.1) is 0 Å². The van der Waals surface area contributed by atoms with Crippen LogP contribution in [0.2, 0.25) is 0 Å². The molecular formula is C30H28CuN10S2. The van der Waals surface area contributed by atoms with Gasteiger partial charge >= 0.3 is 17.1 Å². The van der Waals surface area contributed by atoms with Crippen LogP contribution in [0.1, 0.15) is 22.8 Å². The molecule has 0 unspecified atom stereocenters. The second kappa shape index (κ2) is 20.2. The van der Waals surface area contributed by atoms with E-state index >= 15 is 0 Å². The summed E-state index contributed by atoms with van der Waals surface area (Å²) in [5, 5.41) is 9.16. The SMILES string of the molecule is C=CCN=C([S-])NN=C(c1ccccn1)c1ccccn1.C=CCN=C([S-])NN=C(c1ccccn1)c1ccccn1.[Cu+2]. The third-order valence-electron chi connectivity index (χ3n) is 4.88. The molecule has 4 rings (SSSR count). The number of nitrogens with one attached hydrogen (secondary N) is 2. The van der Waals surface area contributed by atoms with Crippen LogP contribution in [-0.4, -0.2) is 54.8 Å². The number of nitrogens with zero attached hydrogens (tertiary/aromatic N) is 8. The van der Waals surface area contributed by atoms with Crippen molar-refractivity contribution in [2.75, 3.05) is 13.1 Å². The largest absolute Gasteiger partial charge is 2.00 e. The molecule has 4 aromatic rings. The monoisotopic (exact) mass is 655 g/mol. The molecule has 2 N–H and O–H groups in total. The van der Waals surface area contributed by atoms with Crippen LogP contribution in [0.15, 0.2) is 143 Å². The minimum absolute atomic E-state index is 0. The first-order chi connectivity index (χ1) is 20.6. The van der Waals surface area contributed by atoms with Gasteiger partial charge in [0.1, 0.15) is 11.4 Å². The van der Waals surface area contributed by atoms with Crippen molar-refractivity contribution >= 4 is 47.0 Å². The Balaban J connectivity index is 0.000000293. The Morgan fingerprint density at radius 1 is 0.581 bits per heavy atom. The van der Waals surface area contributed by atoms with Gasteiger partial charge in [-0.1, -0.05) is 36.4 Å². The normalized spacial score (nSPS) is 10.5. The van der Waals surface area contributed by atoms with Crippen molar-refractivity contribution in [1.29, 1.82) is 0 Å². The van der Waals surface area contributed by atoms with Crippen molar-refractivity contribution in [1.82, 2.24) is 30.8 Å². The summed E-state index contributed by atoms with van der Waals surface area (Å²) in [5.74, 6) is 0. The van der Waals surface area contributed by atoms with E-state index in [0.717, 1.165) is 0 Å². The first kappa shape index (κ1) is 34.5. The molecule has 0 atom stereocenters. The molecule has 4 heterocycles. The molecule has 43 heavy (non-hydrogen) atoms. The zero-order valence-corrected chi connectivity index (χ0v) is 25.5. The van der Waals surface area contributed by atoms with Crippen molar-refractivity contribution in [3.63, 3.8) is 0 Å². The molecule has 0 aliphatic heterocycles.